The minimum absolute atomic E-state index is 0.0107. The van der Waals surface area contributed by atoms with Crippen molar-refractivity contribution < 1.29 is 24.2 Å². The van der Waals surface area contributed by atoms with E-state index in [-0.39, 0.29) is 28.0 Å². The van der Waals surface area contributed by atoms with Crippen LogP contribution in [0.2, 0.25) is 5.02 Å². The molecule has 0 aromatic heterocycles. The summed E-state index contributed by atoms with van der Waals surface area (Å²) in [5.74, 6) is -0.503. The van der Waals surface area contributed by atoms with Crippen LogP contribution < -0.4 is 9.47 Å². The summed E-state index contributed by atoms with van der Waals surface area (Å²) in [6.45, 7) is 8.46. The number of ketones is 1. The van der Waals surface area contributed by atoms with Gasteiger partial charge >= 0.3 is 0 Å². The molecule has 0 bridgehead atoms. The summed E-state index contributed by atoms with van der Waals surface area (Å²) in [7, 11) is 0. The van der Waals surface area contributed by atoms with Crippen LogP contribution in [0.15, 0.2) is 48.0 Å². The van der Waals surface area contributed by atoms with Crippen molar-refractivity contribution in [3.8, 4) is 11.5 Å². The van der Waals surface area contributed by atoms with Crippen molar-refractivity contribution in [1.29, 1.82) is 0 Å². The van der Waals surface area contributed by atoms with Gasteiger partial charge < -0.3 is 19.5 Å². The van der Waals surface area contributed by atoms with Crippen LogP contribution in [0.4, 0.5) is 0 Å². The molecule has 2 aromatic rings. The van der Waals surface area contributed by atoms with Gasteiger partial charge in [0.25, 0.3) is 11.7 Å². The Balaban J connectivity index is 2.14. The topological polar surface area (TPSA) is 76.1 Å². The second kappa shape index (κ2) is 10.1. The van der Waals surface area contributed by atoms with Gasteiger partial charge in [-0.3, -0.25) is 9.59 Å². The molecular formula is C25H28ClNO5. The van der Waals surface area contributed by atoms with Gasteiger partial charge in [0.2, 0.25) is 0 Å². The Hall–Kier alpha value is -2.99. The Morgan fingerprint density at radius 3 is 2.34 bits per heavy atom. The van der Waals surface area contributed by atoms with E-state index in [4.69, 9.17) is 21.1 Å². The monoisotopic (exact) mass is 457 g/mol. The zero-order valence-corrected chi connectivity index (χ0v) is 19.5. The standard InChI is InChI=1S/C25H28ClNO5/c1-5-13-27-22(16-7-9-17(10-8-16)32-15(3)4)21(24(29)25(27)30)23(28)19-14-18(31-6-2)11-12-20(19)26/h7-12,14-15,22,28H,5-6,13H2,1-4H3/b23-21+. The van der Waals surface area contributed by atoms with Crippen LogP contribution in [0.5, 0.6) is 11.5 Å². The molecule has 170 valence electrons. The van der Waals surface area contributed by atoms with E-state index in [0.717, 1.165) is 0 Å². The predicted molar refractivity (Wildman–Crippen MR) is 124 cm³/mol. The van der Waals surface area contributed by atoms with Gasteiger partial charge in [-0.25, -0.2) is 0 Å². The zero-order chi connectivity index (χ0) is 23.4. The van der Waals surface area contributed by atoms with Gasteiger partial charge in [0.15, 0.2) is 0 Å². The van der Waals surface area contributed by atoms with Crippen LogP contribution >= 0.6 is 11.6 Å². The summed E-state index contributed by atoms with van der Waals surface area (Å²) in [6, 6.07) is 11.3. The Morgan fingerprint density at radius 1 is 1.09 bits per heavy atom. The maximum atomic E-state index is 13.0. The Bertz CT molecular complexity index is 1030. The minimum Gasteiger partial charge on any atom is -0.507 e. The summed E-state index contributed by atoms with van der Waals surface area (Å²) < 4.78 is 11.2. The number of aliphatic hydroxyl groups is 1. The van der Waals surface area contributed by atoms with E-state index in [1.165, 1.54) is 4.90 Å². The van der Waals surface area contributed by atoms with E-state index in [1.54, 1.807) is 30.3 Å². The maximum Gasteiger partial charge on any atom is 0.295 e. The molecule has 1 fully saturated rings. The highest BCUT2D eigenvalue weighted by Crippen LogP contribution is 2.41. The lowest BCUT2D eigenvalue weighted by Gasteiger charge is -2.25. The maximum absolute atomic E-state index is 13.0. The molecule has 32 heavy (non-hydrogen) atoms. The second-order valence-corrected chi connectivity index (χ2v) is 8.21. The quantitative estimate of drug-likeness (QED) is 0.328. The zero-order valence-electron chi connectivity index (χ0n) is 18.7. The number of rotatable bonds is 8. The molecule has 7 heteroatoms. The van der Waals surface area contributed by atoms with E-state index in [9.17, 15) is 14.7 Å². The molecule has 0 aliphatic carbocycles. The Kier molecular flexibility index (Phi) is 7.46. The molecule has 0 radical (unpaired) electrons. The number of carbonyl (C=O) groups excluding carboxylic acids is 2. The largest absolute Gasteiger partial charge is 0.507 e. The van der Waals surface area contributed by atoms with Crippen molar-refractivity contribution >= 4 is 29.1 Å². The highest BCUT2D eigenvalue weighted by atomic mass is 35.5. The van der Waals surface area contributed by atoms with Crippen molar-refractivity contribution in [3.05, 3.63) is 64.2 Å². The first-order valence-electron chi connectivity index (χ1n) is 10.8. The normalized spacial score (nSPS) is 17.8. The molecule has 0 spiro atoms. The van der Waals surface area contributed by atoms with Crippen LogP contribution in [0.3, 0.4) is 0 Å². The minimum atomic E-state index is -0.735. The van der Waals surface area contributed by atoms with Crippen molar-refractivity contribution in [2.24, 2.45) is 0 Å². The molecule has 2 aromatic carbocycles. The van der Waals surface area contributed by atoms with Gasteiger partial charge in [-0.2, -0.15) is 0 Å². The van der Waals surface area contributed by atoms with E-state index < -0.39 is 17.7 Å². The van der Waals surface area contributed by atoms with Crippen molar-refractivity contribution in [2.75, 3.05) is 13.2 Å². The van der Waals surface area contributed by atoms with Crippen LogP contribution in [0.25, 0.3) is 5.76 Å². The number of hydrogen-bond donors (Lipinski definition) is 1. The third kappa shape index (κ3) is 4.75. The van der Waals surface area contributed by atoms with Crippen LogP contribution in [0, 0.1) is 0 Å². The Labute approximate surface area is 193 Å². The number of benzene rings is 2. The second-order valence-electron chi connectivity index (χ2n) is 7.80. The molecule has 6 nitrogen and oxygen atoms in total. The average molecular weight is 458 g/mol. The molecule has 1 atom stereocenters. The van der Waals surface area contributed by atoms with Crippen LogP contribution in [-0.2, 0) is 9.59 Å². The van der Waals surface area contributed by atoms with Crippen molar-refractivity contribution in [3.63, 3.8) is 0 Å². The molecule has 1 N–H and O–H groups in total. The highest BCUT2D eigenvalue weighted by molar-refractivity contribution is 6.47. The summed E-state index contributed by atoms with van der Waals surface area (Å²) in [4.78, 5) is 27.3. The first kappa shape index (κ1) is 23.7. The van der Waals surface area contributed by atoms with Gasteiger partial charge in [-0.05, 0) is 63.1 Å². The van der Waals surface area contributed by atoms with Gasteiger partial charge in [0, 0.05) is 12.1 Å². The van der Waals surface area contributed by atoms with E-state index in [1.807, 2.05) is 39.8 Å². The summed E-state index contributed by atoms with van der Waals surface area (Å²) in [5, 5.41) is 11.4. The number of halogens is 1. The molecule has 1 saturated heterocycles. The number of aliphatic hydroxyl groups excluding tert-OH is 1. The van der Waals surface area contributed by atoms with Gasteiger partial charge in [-0.1, -0.05) is 30.7 Å². The summed E-state index contributed by atoms with van der Waals surface area (Å²) in [5.41, 5.74) is 0.959. The molecular weight excluding hydrogens is 430 g/mol. The fourth-order valence-corrected chi connectivity index (χ4v) is 3.99. The fraction of sp³-hybridized carbons (Fsp3) is 0.360. The average Bonchev–Trinajstić information content (AvgIpc) is 3.00. The predicted octanol–water partition coefficient (Wildman–Crippen LogP) is 5.36. The Morgan fingerprint density at radius 2 is 1.75 bits per heavy atom. The molecule has 1 aliphatic rings. The first-order chi connectivity index (χ1) is 15.3. The number of nitrogens with zero attached hydrogens (tertiary/aromatic N) is 1. The first-order valence-corrected chi connectivity index (χ1v) is 11.1. The summed E-state index contributed by atoms with van der Waals surface area (Å²) >= 11 is 6.34. The van der Waals surface area contributed by atoms with Crippen LogP contribution in [-0.4, -0.2) is 41.0 Å². The van der Waals surface area contributed by atoms with E-state index >= 15 is 0 Å². The third-order valence-electron chi connectivity index (χ3n) is 5.08. The molecule has 1 heterocycles. The third-order valence-corrected chi connectivity index (χ3v) is 5.41. The molecule has 0 saturated carbocycles. The molecule has 3 rings (SSSR count). The number of Topliss-reactive ketones (excluding diaryl/α,β-unsaturated/α-hetero) is 1. The number of amides is 1. The lowest BCUT2D eigenvalue weighted by Crippen LogP contribution is -2.30. The van der Waals surface area contributed by atoms with Crippen molar-refractivity contribution in [2.45, 2.75) is 46.3 Å². The van der Waals surface area contributed by atoms with E-state index in [2.05, 4.69) is 0 Å². The molecule has 1 amide bonds. The highest BCUT2D eigenvalue weighted by Gasteiger charge is 2.45. The number of likely N-dealkylation sites (tertiary alicyclic amines) is 1. The smallest absolute Gasteiger partial charge is 0.295 e. The lowest BCUT2D eigenvalue weighted by molar-refractivity contribution is -0.139. The summed E-state index contributed by atoms with van der Waals surface area (Å²) in [6.07, 6.45) is 0.685. The van der Waals surface area contributed by atoms with Gasteiger partial charge in [0.1, 0.15) is 17.3 Å². The van der Waals surface area contributed by atoms with Gasteiger partial charge in [-0.15, -0.1) is 0 Å². The molecule has 1 unspecified atom stereocenters. The number of carbonyl (C=O) groups is 2. The van der Waals surface area contributed by atoms with E-state index in [0.29, 0.717) is 36.6 Å². The fourth-order valence-electron chi connectivity index (χ4n) is 3.79. The van der Waals surface area contributed by atoms with Crippen LogP contribution in [0.1, 0.15) is 51.3 Å². The number of hydrogen-bond acceptors (Lipinski definition) is 5. The van der Waals surface area contributed by atoms with Crippen molar-refractivity contribution in [1.82, 2.24) is 4.90 Å². The SMILES string of the molecule is CCCN1C(=O)C(=O)/C(=C(/O)c2cc(OCC)ccc2Cl)C1c1ccc(OC(C)C)cc1. The number of ether oxygens (including phenoxy) is 2. The molecule has 1 aliphatic heterocycles. The van der Waals surface area contributed by atoms with Gasteiger partial charge in [0.05, 0.1) is 29.3 Å². The lowest BCUT2D eigenvalue weighted by atomic mass is 9.95.